The Kier molecular flexibility index (Phi) is 3.93. The lowest BCUT2D eigenvalue weighted by molar-refractivity contribution is -0.116. The van der Waals surface area contributed by atoms with E-state index in [1.807, 2.05) is 0 Å². The molecule has 0 spiro atoms. The van der Waals surface area contributed by atoms with Crippen molar-refractivity contribution >= 4 is 28.8 Å². The van der Waals surface area contributed by atoms with Crippen LogP contribution < -0.4 is 16.4 Å². The summed E-state index contributed by atoms with van der Waals surface area (Å²) in [6.07, 6.45) is 0. The standard InChI is InChI=1S/C16H17N3O2/c1-10(20)19(2)12-8-6-11(7-9-12)16(21)13-4-3-5-14(17)15(13)18/h3-9H,17-18H2,1-2H3. The first-order valence-corrected chi connectivity index (χ1v) is 6.45. The van der Waals surface area contributed by atoms with Crippen LogP contribution in [-0.2, 0) is 4.79 Å². The number of nitrogens with two attached hydrogens (primary N) is 2. The molecule has 2 aromatic rings. The van der Waals surface area contributed by atoms with Crippen molar-refractivity contribution in [2.45, 2.75) is 6.92 Å². The summed E-state index contributed by atoms with van der Waals surface area (Å²) in [6.45, 7) is 1.48. The minimum atomic E-state index is -0.197. The highest BCUT2D eigenvalue weighted by Gasteiger charge is 2.14. The number of anilines is 3. The maximum atomic E-state index is 12.4. The lowest BCUT2D eigenvalue weighted by Crippen LogP contribution is -2.22. The van der Waals surface area contributed by atoms with E-state index < -0.39 is 0 Å². The highest BCUT2D eigenvalue weighted by atomic mass is 16.2. The highest BCUT2D eigenvalue weighted by Crippen LogP contribution is 2.23. The number of carbonyl (C=O) groups excluding carboxylic acids is 2. The summed E-state index contributed by atoms with van der Waals surface area (Å²) < 4.78 is 0. The quantitative estimate of drug-likeness (QED) is 0.666. The second-order valence-corrected chi connectivity index (χ2v) is 4.76. The first kappa shape index (κ1) is 14.6. The molecule has 0 aromatic heterocycles. The lowest BCUT2D eigenvalue weighted by Gasteiger charge is -2.15. The molecular formula is C16H17N3O2. The van der Waals surface area contributed by atoms with E-state index in [2.05, 4.69) is 0 Å². The average Bonchev–Trinajstić information content (AvgIpc) is 2.48. The normalized spacial score (nSPS) is 10.2. The van der Waals surface area contributed by atoms with Crippen LogP contribution in [-0.4, -0.2) is 18.7 Å². The van der Waals surface area contributed by atoms with Crippen molar-refractivity contribution in [2.75, 3.05) is 23.4 Å². The number of amides is 1. The third kappa shape index (κ3) is 2.86. The molecule has 0 aliphatic heterocycles. The number of benzene rings is 2. The molecule has 0 saturated heterocycles. The fourth-order valence-electron chi connectivity index (χ4n) is 1.95. The molecule has 2 aromatic carbocycles. The van der Waals surface area contributed by atoms with Crippen LogP contribution in [0.25, 0.3) is 0 Å². The number of nitrogens with zero attached hydrogens (tertiary/aromatic N) is 1. The van der Waals surface area contributed by atoms with E-state index in [0.717, 1.165) is 5.69 Å². The molecule has 0 atom stereocenters. The van der Waals surface area contributed by atoms with E-state index in [1.165, 1.54) is 11.8 Å². The van der Waals surface area contributed by atoms with Crippen LogP contribution in [0.1, 0.15) is 22.8 Å². The number of carbonyl (C=O) groups is 2. The Morgan fingerprint density at radius 1 is 1.00 bits per heavy atom. The Bertz CT molecular complexity index is 693. The molecule has 108 valence electrons. The number of nitrogen functional groups attached to an aromatic ring is 2. The summed E-state index contributed by atoms with van der Waals surface area (Å²) in [5.74, 6) is -0.272. The zero-order chi connectivity index (χ0) is 15.6. The maximum Gasteiger partial charge on any atom is 0.223 e. The van der Waals surface area contributed by atoms with Crippen LogP contribution >= 0.6 is 0 Å². The minimum Gasteiger partial charge on any atom is -0.397 e. The molecule has 0 aliphatic carbocycles. The first-order chi connectivity index (χ1) is 9.91. The van der Waals surface area contributed by atoms with Gasteiger partial charge in [-0.2, -0.15) is 0 Å². The number of ketones is 1. The number of para-hydroxylation sites is 1. The summed E-state index contributed by atoms with van der Waals surface area (Å²) >= 11 is 0. The topological polar surface area (TPSA) is 89.4 Å². The molecule has 0 aliphatic rings. The molecule has 0 fully saturated rings. The SMILES string of the molecule is CC(=O)N(C)c1ccc(C(=O)c2cccc(N)c2N)cc1. The molecule has 4 N–H and O–H groups in total. The van der Waals surface area contributed by atoms with Gasteiger partial charge >= 0.3 is 0 Å². The predicted octanol–water partition coefficient (Wildman–Crippen LogP) is 2.06. The van der Waals surface area contributed by atoms with Crippen molar-refractivity contribution in [2.24, 2.45) is 0 Å². The van der Waals surface area contributed by atoms with Crippen LogP contribution in [0.3, 0.4) is 0 Å². The molecule has 0 unspecified atom stereocenters. The zero-order valence-electron chi connectivity index (χ0n) is 12.0. The molecule has 0 radical (unpaired) electrons. The zero-order valence-corrected chi connectivity index (χ0v) is 12.0. The van der Waals surface area contributed by atoms with E-state index in [9.17, 15) is 9.59 Å². The third-order valence-corrected chi connectivity index (χ3v) is 3.37. The Labute approximate surface area is 123 Å². The van der Waals surface area contributed by atoms with E-state index >= 15 is 0 Å². The van der Waals surface area contributed by atoms with Gasteiger partial charge in [-0.25, -0.2) is 0 Å². The van der Waals surface area contributed by atoms with E-state index in [-0.39, 0.29) is 17.4 Å². The largest absolute Gasteiger partial charge is 0.397 e. The highest BCUT2D eigenvalue weighted by molar-refractivity contribution is 6.13. The van der Waals surface area contributed by atoms with Gasteiger partial charge in [-0.3, -0.25) is 9.59 Å². The van der Waals surface area contributed by atoms with Gasteiger partial charge in [-0.05, 0) is 36.4 Å². The van der Waals surface area contributed by atoms with Gasteiger partial charge in [0.25, 0.3) is 0 Å². The van der Waals surface area contributed by atoms with Crippen LogP contribution in [0, 0.1) is 0 Å². The van der Waals surface area contributed by atoms with Gasteiger partial charge in [-0.15, -0.1) is 0 Å². The van der Waals surface area contributed by atoms with Crippen LogP contribution in [0.4, 0.5) is 17.1 Å². The molecule has 0 saturated carbocycles. The van der Waals surface area contributed by atoms with Gasteiger partial charge in [0.05, 0.1) is 11.4 Å². The van der Waals surface area contributed by atoms with E-state index in [1.54, 1.807) is 49.5 Å². The van der Waals surface area contributed by atoms with Gasteiger partial charge in [0.15, 0.2) is 5.78 Å². The minimum absolute atomic E-state index is 0.0749. The van der Waals surface area contributed by atoms with Crippen molar-refractivity contribution in [3.8, 4) is 0 Å². The Morgan fingerprint density at radius 2 is 1.62 bits per heavy atom. The van der Waals surface area contributed by atoms with Crippen LogP contribution in [0.2, 0.25) is 0 Å². The lowest BCUT2D eigenvalue weighted by atomic mass is 10.0. The summed E-state index contributed by atoms with van der Waals surface area (Å²) in [5, 5.41) is 0. The molecule has 0 bridgehead atoms. The fraction of sp³-hybridized carbons (Fsp3) is 0.125. The van der Waals surface area contributed by atoms with Gasteiger partial charge < -0.3 is 16.4 Å². The van der Waals surface area contributed by atoms with Gasteiger partial charge in [0.2, 0.25) is 5.91 Å². The average molecular weight is 283 g/mol. The first-order valence-electron chi connectivity index (χ1n) is 6.45. The molecule has 5 heteroatoms. The van der Waals surface area contributed by atoms with Crippen molar-refractivity contribution in [3.63, 3.8) is 0 Å². The van der Waals surface area contributed by atoms with Crippen LogP contribution in [0.15, 0.2) is 42.5 Å². The number of hydrogen-bond acceptors (Lipinski definition) is 4. The summed E-state index contributed by atoms with van der Waals surface area (Å²) in [6, 6.07) is 11.8. The van der Waals surface area contributed by atoms with Gasteiger partial charge in [0, 0.05) is 30.8 Å². The molecule has 1 amide bonds. The van der Waals surface area contributed by atoms with E-state index in [0.29, 0.717) is 16.8 Å². The predicted molar refractivity (Wildman–Crippen MR) is 84.2 cm³/mol. The Balaban J connectivity index is 2.32. The van der Waals surface area contributed by atoms with Gasteiger partial charge in [0.1, 0.15) is 0 Å². The Morgan fingerprint density at radius 3 is 2.19 bits per heavy atom. The molecule has 21 heavy (non-hydrogen) atoms. The summed E-state index contributed by atoms with van der Waals surface area (Å²) in [7, 11) is 1.68. The molecule has 0 heterocycles. The maximum absolute atomic E-state index is 12.4. The summed E-state index contributed by atoms with van der Waals surface area (Å²) in [4.78, 5) is 25.2. The van der Waals surface area contributed by atoms with Gasteiger partial charge in [-0.1, -0.05) is 6.07 Å². The van der Waals surface area contributed by atoms with Crippen molar-refractivity contribution in [1.82, 2.24) is 0 Å². The fourth-order valence-corrected chi connectivity index (χ4v) is 1.95. The monoisotopic (exact) mass is 283 g/mol. The van der Waals surface area contributed by atoms with E-state index in [4.69, 9.17) is 11.5 Å². The molecular weight excluding hydrogens is 266 g/mol. The Hall–Kier alpha value is -2.82. The number of rotatable bonds is 3. The van der Waals surface area contributed by atoms with Crippen molar-refractivity contribution in [3.05, 3.63) is 53.6 Å². The smallest absolute Gasteiger partial charge is 0.223 e. The van der Waals surface area contributed by atoms with Crippen molar-refractivity contribution < 1.29 is 9.59 Å². The molecule has 5 nitrogen and oxygen atoms in total. The molecule has 2 rings (SSSR count). The second-order valence-electron chi connectivity index (χ2n) is 4.76. The second kappa shape index (κ2) is 5.66. The van der Waals surface area contributed by atoms with Crippen LogP contribution in [0.5, 0.6) is 0 Å². The number of hydrogen-bond donors (Lipinski definition) is 2. The van der Waals surface area contributed by atoms with Crippen molar-refractivity contribution in [1.29, 1.82) is 0 Å². The summed E-state index contributed by atoms with van der Waals surface area (Å²) in [5.41, 5.74) is 13.8. The third-order valence-electron chi connectivity index (χ3n) is 3.37.